The fraction of sp³-hybridized carbons (Fsp3) is 0.421. The molecule has 0 aromatic heterocycles. The first-order valence-electron chi connectivity index (χ1n) is 8.16. The Kier molecular flexibility index (Phi) is 4.94. The van der Waals surface area contributed by atoms with Crippen LogP contribution in [0.5, 0.6) is 5.75 Å². The minimum atomic E-state index is 0.0333. The lowest BCUT2D eigenvalue weighted by molar-refractivity contribution is 0.0794. The monoisotopic (exact) mass is 313 g/mol. The number of Topliss-reactive ketones (excluding diaryl/α,β-unsaturated/α-hetero) is 1. The van der Waals surface area contributed by atoms with Gasteiger partial charge in [-0.1, -0.05) is 18.2 Å². The van der Waals surface area contributed by atoms with Crippen LogP contribution >= 0.6 is 0 Å². The van der Waals surface area contributed by atoms with Crippen molar-refractivity contribution >= 4 is 16.6 Å². The third-order valence-electron chi connectivity index (χ3n) is 4.62. The normalized spacial score (nSPS) is 19.0. The molecule has 0 bridgehead atoms. The van der Waals surface area contributed by atoms with Gasteiger partial charge in [0, 0.05) is 24.6 Å². The zero-order valence-corrected chi connectivity index (χ0v) is 13.5. The fourth-order valence-corrected chi connectivity index (χ4v) is 3.35. The molecule has 0 amide bonds. The highest BCUT2D eigenvalue weighted by Crippen LogP contribution is 2.25. The zero-order chi connectivity index (χ0) is 16.2. The Bertz CT molecular complexity index is 696. The van der Waals surface area contributed by atoms with Crippen LogP contribution in [0.2, 0.25) is 0 Å². The second-order valence-corrected chi connectivity index (χ2v) is 6.16. The van der Waals surface area contributed by atoms with Crippen LogP contribution in [0.25, 0.3) is 10.8 Å². The molecule has 0 aliphatic carbocycles. The highest BCUT2D eigenvalue weighted by atomic mass is 16.5. The maximum absolute atomic E-state index is 12.8. The molecule has 1 atom stereocenters. The number of fused-ring (bicyclic) bond motifs is 1. The summed E-state index contributed by atoms with van der Waals surface area (Å²) >= 11 is 0. The van der Waals surface area contributed by atoms with E-state index in [1.807, 2.05) is 36.4 Å². The summed E-state index contributed by atoms with van der Waals surface area (Å²) in [6.45, 7) is 2.53. The standard InChI is InChI=1S/C19H23NO3/c1-23-18-7-6-14-11-16(5-4-15(14)12-18)19(22)17-3-2-8-20(13-17)9-10-21/h4-7,11-12,17,21H,2-3,8-10,13H2,1H3. The predicted octanol–water partition coefficient (Wildman–Crippen LogP) is 2.74. The lowest BCUT2D eigenvalue weighted by Crippen LogP contribution is -2.40. The van der Waals surface area contributed by atoms with E-state index in [9.17, 15) is 4.79 Å². The summed E-state index contributed by atoms with van der Waals surface area (Å²) in [6, 6.07) is 11.8. The summed E-state index contributed by atoms with van der Waals surface area (Å²) in [5, 5.41) is 11.2. The number of ether oxygens (including phenoxy) is 1. The molecule has 1 heterocycles. The van der Waals surface area contributed by atoms with E-state index in [4.69, 9.17) is 9.84 Å². The number of aliphatic hydroxyl groups is 1. The number of rotatable bonds is 5. The van der Waals surface area contributed by atoms with Gasteiger partial charge >= 0.3 is 0 Å². The van der Waals surface area contributed by atoms with E-state index in [1.165, 1.54) is 0 Å². The molecule has 4 heteroatoms. The number of ketones is 1. The van der Waals surface area contributed by atoms with Crippen molar-refractivity contribution in [2.24, 2.45) is 5.92 Å². The number of benzene rings is 2. The lowest BCUT2D eigenvalue weighted by Gasteiger charge is -2.31. The second-order valence-electron chi connectivity index (χ2n) is 6.16. The number of hydrogen-bond donors (Lipinski definition) is 1. The maximum Gasteiger partial charge on any atom is 0.167 e. The molecule has 23 heavy (non-hydrogen) atoms. The van der Waals surface area contributed by atoms with Gasteiger partial charge in [0.1, 0.15) is 5.75 Å². The number of carbonyl (C=O) groups is 1. The second kappa shape index (κ2) is 7.11. The van der Waals surface area contributed by atoms with Gasteiger partial charge < -0.3 is 14.7 Å². The first-order valence-corrected chi connectivity index (χ1v) is 8.16. The molecule has 122 valence electrons. The number of carbonyl (C=O) groups excluding carboxylic acids is 1. The Hall–Kier alpha value is -1.91. The van der Waals surface area contributed by atoms with Crippen molar-refractivity contribution in [2.75, 3.05) is 33.4 Å². The number of likely N-dealkylation sites (tertiary alicyclic amines) is 1. The van der Waals surface area contributed by atoms with E-state index in [1.54, 1.807) is 7.11 Å². The van der Waals surface area contributed by atoms with Gasteiger partial charge in [0.25, 0.3) is 0 Å². The van der Waals surface area contributed by atoms with Crippen LogP contribution in [0.1, 0.15) is 23.2 Å². The SMILES string of the molecule is COc1ccc2cc(C(=O)C3CCCN(CCO)C3)ccc2c1. The number of β-amino-alcohol motifs (C(OH)–C–C–N with tert-alkyl or cyclic N) is 1. The van der Waals surface area contributed by atoms with Gasteiger partial charge in [-0.3, -0.25) is 4.79 Å². The number of methoxy groups -OCH3 is 1. The Balaban J connectivity index is 1.80. The first kappa shape index (κ1) is 16.0. The van der Waals surface area contributed by atoms with E-state index < -0.39 is 0 Å². The summed E-state index contributed by atoms with van der Waals surface area (Å²) < 4.78 is 5.24. The zero-order valence-electron chi connectivity index (χ0n) is 13.5. The average Bonchev–Trinajstić information content (AvgIpc) is 2.60. The average molecular weight is 313 g/mol. The Morgan fingerprint density at radius 1 is 1.26 bits per heavy atom. The predicted molar refractivity (Wildman–Crippen MR) is 91.1 cm³/mol. The molecule has 1 fully saturated rings. The van der Waals surface area contributed by atoms with Gasteiger partial charge in [-0.25, -0.2) is 0 Å². The quantitative estimate of drug-likeness (QED) is 0.862. The molecule has 0 spiro atoms. The van der Waals surface area contributed by atoms with Crippen molar-refractivity contribution in [3.8, 4) is 5.75 Å². The van der Waals surface area contributed by atoms with Gasteiger partial charge in [0.15, 0.2) is 5.78 Å². The highest BCUT2D eigenvalue weighted by Gasteiger charge is 2.26. The first-order chi connectivity index (χ1) is 11.2. The summed E-state index contributed by atoms with van der Waals surface area (Å²) in [5.74, 6) is 1.07. The van der Waals surface area contributed by atoms with Gasteiger partial charge in [-0.15, -0.1) is 0 Å². The Labute approximate surface area is 136 Å². The van der Waals surface area contributed by atoms with Crippen LogP contribution in [0, 0.1) is 5.92 Å². The molecule has 1 saturated heterocycles. The minimum absolute atomic E-state index is 0.0333. The molecule has 2 aromatic carbocycles. The van der Waals surface area contributed by atoms with Crippen LogP contribution in [-0.2, 0) is 0 Å². The molecule has 0 radical (unpaired) electrons. The van der Waals surface area contributed by atoms with Crippen molar-refractivity contribution in [1.29, 1.82) is 0 Å². The van der Waals surface area contributed by atoms with E-state index >= 15 is 0 Å². The van der Waals surface area contributed by atoms with E-state index in [-0.39, 0.29) is 18.3 Å². The molecule has 4 nitrogen and oxygen atoms in total. The minimum Gasteiger partial charge on any atom is -0.497 e. The molecular weight excluding hydrogens is 290 g/mol. The van der Waals surface area contributed by atoms with Crippen molar-refractivity contribution in [1.82, 2.24) is 4.90 Å². The molecular formula is C19H23NO3. The van der Waals surface area contributed by atoms with Crippen LogP contribution in [0.4, 0.5) is 0 Å². The van der Waals surface area contributed by atoms with Crippen LogP contribution < -0.4 is 4.74 Å². The summed E-state index contributed by atoms with van der Waals surface area (Å²) in [6.07, 6.45) is 1.95. The Morgan fingerprint density at radius 3 is 2.83 bits per heavy atom. The third kappa shape index (κ3) is 3.54. The number of piperidine rings is 1. The molecule has 1 N–H and O–H groups in total. The van der Waals surface area contributed by atoms with Crippen molar-refractivity contribution in [3.63, 3.8) is 0 Å². The molecule has 1 aliphatic heterocycles. The Morgan fingerprint density at radius 2 is 2.04 bits per heavy atom. The topological polar surface area (TPSA) is 49.8 Å². The third-order valence-corrected chi connectivity index (χ3v) is 4.62. The van der Waals surface area contributed by atoms with Gasteiger partial charge in [-0.05, 0) is 48.4 Å². The van der Waals surface area contributed by atoms with Gasteiger partial charge in [0.05, 0.1) is 13.7 Å². The van der Waals surface area contributed by atoms with Crippen LogP contribution in [0.3, 0.4) is 0 Å². The largest absolute Gasteiger partial charge is 0.497 e. The fourth-order valence-electron chi connectivity index (χ4n) is 3.35. The molecule has 0 saturated carbocycles. The summed E-state index contributed by atoms with van der Waals surface area (Å²) in [5.41, 5.74) is 0.776. The van der Waals surface area contributed by atoms with Gasteiger partial charge in [-0.2, -0.15) is 0 Å². The smallest absolute Gasteiger partial charge is 0.167 e. The van der Waals surface area contributed by atoms with Crippen molar-refractivity contribution in [2.45, 2.75) is 12.8 Å². The highest BCUT2D eigenvalue weighted by molar-refractivity contribution is 6.01. The molecule has 1 unspecified atom stereocenters. The number of hydrogen-bond acceptors (Lipinski definition) is 4. The number of nitrogens with zero attached hydrogens (tertiary/aromatic N) is 1. The van der Waals surface area contributed by atoms with E-state index in [0.717, 1.165) is 48.0 Å². The molecule has 1 aliphatic rings. The van der Waals surface area contributed by atoms with Crippen molar-refractivity contribution in [3.05, 3.63) is 42.0 Å². The van der Waals surface area contributed by atoms with Crippen molar-refractivity contribution < 1.29 is 14.6 Å². The molecule has 3 rings (SSSR count). The summed E-state index contributed by atoms with van der Waals surface area (Å²) in [7, 11) is 1.65. The van der Waals surface area contributed by atoms with E-state index in [2.05, 4.69) is 4.90 Å². The van der Waals surface area contributed by atoms with Crippen LogP contribution in [-0.4, -0.2) is 49.1 Å². The number of aliphatic hydroxyl groups excluding tert-OH is 1. The molecule has 2 aromatic rings. The maximum atomic E-state index is 12.8. The van der Waals surface area contributed by atoms with E-state index in [0.29, 0.717) is 6.54 Å². The van der Waals surface area contributed by atoms with Gasteiger partial charge in [0.2, 0.25) is 0 Å². The van der Waals surface area contributed by atoms with Crippen LogP contribution in [0.15, 0.2) is 36.4 Å². The lowest BCUT2D eigenvalue weighted by atomic mass is 9.89. The summed E-state index contributed by atoms with van der Waals surface area (Å²) in [4.78, 5) is 15.0.